The molecule has 2 unspecified atom stereocenters. The Kier molecular flexibility index (Phi) is 12.6. The minimum absolute atomic E-state index is 0.00951. The highest BCUT2D eigenvalue weighted by molar-refractivity contribution is 5.44. The van der Waals surface area contributed by atoms with Gasteiger partial charge in [0.2, 0.25) is 0 Å². The van der Waals surface area contributed by atoms with Crippen molar-refractivity contribution in [1.82, 2.24) is 10.6 Å². The molecule has 0 amide bonds. The van der Waals surface area contributed by atoms with E-state index in [2.05, 4.69) is 10.6 Å². The smallest absolute Gasteiger partial charge is 0.160 e. The maximum Gasteiger partial charge on any atom is 0.160 e. The molecule has 2 rings (SSSR count). The van der Waals surface area contributed by atoms with Crippen LogP contribution >= 0.6 is 0 Å². The predicted octanol–water partition coefficient (Wildman–Crippen LogP) is 2.53. The van der Waals surface area contributed by atoms with Crippen LogP contribution in [0.1, 0.15) is 35.8 Å². The molecule has 2 atom stereocenters. The second kappa shape index (κ2) is 15.4. The first-order valence-corrected chi connectivity index (χ1v) is 11.7. The van der Waals surface area contributed by atoms with Crippen LogP contribution in [0, 0.1) is 0 Å². The fourth-order valence-electron chi connectivity index (χ4n) is 3.84. The molecular formula is C26H40N2O6. The molecule has 0 saturated carbocycles. The van der Waals surface area contributed by atoms with Gasteiger partial charge in [0.15, 0.2) is 23.0 Å². The van der Waals surface area contributed by atoms with Crippen molar-refractivity contribution in [2.45, 2.75) is 24.7 Å². The molecule has 4 N–H and O–H groups in total. The molecule has 8 heteroatoms. The third-order valence-electron chi connectivity index (χ3n) is 5.94. The van der Waals surface area contributed by atoms with Crippen molar-refractivity contribution >= 4 is 0 Å². The van der Waals surface area contributed by atoms with Crippen LogP contribution in [0.2, 0.25) is 0 Å². The second-order valence-electron chi connectivity index (χ2n) is 8.10. The van der Waals surface area contributed by atoms with Gasteiger partial charge in [0.1, 0.15) is 0 Å². The number of ether oxygens (including phenoxy) is 4. The first-order valence-electron chi connectivity index (χ1n) is 11.7. The van der Waals surface area contributed by atoms with Crippen molar-refractivity contribution in [2.24, 2.45) is 0 Å². The zero-order valence-corrected chi connectivity index (χ0v) is 20.8. The summed E-state index contributed by atoms with van der Waals surface area (Å²) in [7, 11) is 6.44. The summed E-state index contributed by atoms with van der Waals surface area (Å²) in [5, 5.41) is 26.5. The molecule has 0 spiro atoms. The topological polar surface area (TPSA) is 101 Å². The SMILES string of the molecule is COc1ccc(C(CO)CNCCCCNCC(CO)c2ccc(OC)c(OC)c2)cc1OC. The minimum atomic E-state index is -0.00951. The summed E-state index contributed by atoms with van der Waals surface area (Å²) in [5.74, 6) is 2.67. The van der Waals surface area contributed by atoms with Crippen LogP contribution in [0.15, 0.2) is 36.4 Å². The van der Waals surface area contributed by atoms with Gasteiger partial charge in [-0.2, -0.15) is 0 Å². The van der Waals surface area contributed by atoms with E-state index in [9.17, 15) is 10.2 Å². The molecule has 2 aromatic rings. The van der Waals surface area contributed by atoms with E-state index in [1.165, 1.54) is 0 Å². The highest BCUT2D eigenvalue weighted by Gasteiger charge is 2.15. The number of aliphatic hydroxyl groups is 2. The lowest BCUT2D eigenvalue weighted by Gasteiger charge is -2.18. The summed E-state index contributed by atoms with van der Waals surface area (Å²) in [6, 6.07) is 11.5. The zero-order chi connectivity index (χ0) is 24.8. The van der Waals surface area contributed by atoms with E-state index in [-0.39, 0.29) is 25.0 Å². The summed E-state index contributed by atoms with van der Waals surface area (Å²) >= 11 is 0. The molecule has 0 aromatic heterocycles. The van der Waals surface area contributed by atoms with Crippen molar-refractivity contribution in [3.05, 3.63) is 47.5 Å². The van der Waals surface area contributed by atoms with Crippen molar-refractivity contribution in [2.75, 3.05) is 67.8 Å². The Hall–Kier alpha value is -2.52. The molecule has 34 heavy (non-hydrogen) atoms. The largest absolute Gasteiger partial charge is 0.493 e. The Morgan fingerprint density at radius 2 is 1.00 bits per heavy atom. The lowest BCUT2D eigenvalue weighted by molar-refractivity contribution is 0.259. The minimum Gasteiger partial charge on any atom is -0.493 e. The van der Waals surface area contributed by atoms with Gasteiger partial charge in [-0.15, -0.1) is 0 Å². The number of methoxy groups -OCH3 is 4. The molecule has 190 valence electrons. The van der Waals surface area contributed by atoms with Gasteiger partial charge in [0.25, 0.3) is 0 Å². The Morgan fingerprint density at radius 3 is 1.32 bits per heavy atom. The van der Waals surface area contributed by atoms with Crippen LogP contribution in [0.5, 0.6) is 23.0 Å². The summed E-state index contributed by atoms with van der Waals surface area (Å²) in [4.78, 5) is 0. The van der Waals surface area contributed by atoms with E-state index in [0.29, 0.717) is 36.1 Å². The van der Waals surface area contributed by atoms with Gasteiger partial charge < -0.3 is 39.8 Å². The number of aliphatic hydroxyl groups excluding tert-OH is 2. The molecule has 0 saturated heterocycles. The lowest BCUT2D eigenvalue weighted by atomic mass is 9.99. The molecule has 0 heterocycles. The molecule has 8 nitrogen and oxygen atoms in total. The maximum atomic E-state index is 9.82. The summed E-state index contributed by atoms with van der Waals surface area (Å²) in [6.45, 7) is 3.22. The third kappa shape index (κ3) is 8.06. The third-order valence-corrected chi connectivity index (χ3v) is 5.94. The van der Waals surface area contributed by atoms with Crippen molar-refractivity contribution < 1.29 is 29.2 Å². The molecule has 0 bridgehead atoms. The van der Waals surface area contributed by atoms with Crippen LogP contribution < -0.4 is 29.6 Å². The number of benzene rings is 2. The quantitative estimate of drug-likeness (QED) is 0.259. The summed E-state index contributed by atoms with van der Waals surface area (Å²) in [5.41, 5.74) is 2.03. The molecule has 0 fully saturated rings. The standard InChI is InChI=1S/C26H40N2O6/c1-31-23-9-7-19(13-25(23)33-3)21(17-29)15-27-11-5-6-12-28-16-22(18-30)20-8-10-24(32-2)26(14-20)34-4/h7-10,13-14,21-22,27-30H,5-6,11-12,15-18H2,1-4H3. The van der Waals surface area contributed by atoms with E-state index in [1.807, 2.05) is 36.4 Å². The van der Waals surface area contributed by atoms with Crippen LogP contribution in [0.4, 0.5) is 0 Å². The fourth-order valence-corrected chi connectivity index (χ4v) is 3.84. The average Bonchev–Trinajstić information content (AvgIpc) is 2.89. The van der Waals surface area contributed by atoms with Gasteiger partial charge in [-0.3, -0.25) is 0 Å². The predicted molar refractivity (Wildman–Crippen MR) is 134 cm³/mol. The van der Waals surface area contributed by atoms with Gasteiger partial charge in [0, 0.05) is 24.9 Å². The second-order valence-corrected chi connectivity index (χ2v) is 8.10. The van der Waals surface area contributed by atoms with Crippen LogP contribution in [-0.4, -0.2) is 78.0 Å². The Morgan fingerprint density at radius 1 is 0.618 bits per heavy atom. The van der Waals surface area contributed by atoms with E-state index in [1.54, 1.807) is 28.4 Å². The summed E-state index contributed by atoms with van der Waals surface area (Å²) in [6.07, 6.45) is 2.02. The number of nitrogens with one attached hydrogen (secondary N) is 2. The Bertz CT molecular complexity index is 779. The first kappa shape index (κ1) is 27.7. The highest BCUT2D eigenvalue weighted by Crippen LogP contribution is 2.31. The number of rotatable bonds is 17. The fraction of sp³-hybridized carbons (Fsp3) is 0.538. The van der Waals surface area contributed by atoms with Crippen LogP contribution in [-0.2, 0) is 0 Å². The van der Waals surface area contributed by atoms with Gasteiger partial charge in [0.05, 0.1) is 41.7 Å². The van der Waals surface area contributed by atoms with E-state index in [0.717, 1.165) is 37.1 Å². The average molecular weight is 477 g/mol. The normalized spacial score (nSPS) is 12.8. The van der Waals surface area contributed by atoms with Gasteiger partial charge in [-0.25, -0.2) is 0 Å². The van der Waals surface area contributed by atoms with E-state index < -0.39 is 0 Å². The maximum absolute atomic E-state index is 9.82. The van der Waals surface area contributed by atoms with Gasteiger partial charge in [-0.05, 0) is 61.3 Å². The van der Waals surface area contributed by atoms with Gasteiger partial charge >= 0.3 is 0 Å². The van der Waals surface area contributed by atoms with Gasteiger partial charge in [-0.1, -0.05) is 12.1 Å². The van der Waals surface area contributed by atoms with E-state index >= 15 is 0 Å². The lowest BCUT2D eigenvalue weighted by Crippen LogP contribution is -2.27. The van der Waals surface area contributed by atoms with Crippen molar-refractivity contribution in [3.8, 4) is 23.0 Å². The first-order chi connectivity index (χ1) is 16.6. The molecular weight excluding hydrogens is 436 g/mol. The number of hydrogen-bond donors (Lipinski definition) is 4. The Balaban J connectivity index is 1.69. The Labute approximate surface area is 203 Å². The molecule has 0 aliphatic heterocycles. The molecule has 0 aliphatic rings. The van der Waals surface area contributed by atoms with Crippen molar-refractivity contribution in [1.29, 1.82) is 0 Å². The number of hydrogen-bond acceptors (Lipinski definition) is 8. The molecule has 0 aliphatic carbocycles. The zero-order valence-electron chi connectivity index (χ0n) is 20.8. The van der Waals surface area contributed by atoms with E-state index in [4.69, 9.17) is 18.9 Å². The monoisotopic (exact) mass is 476 g/mol. The number of unbranched alkanes of at least 4 members (excludes halogenated alkanes) is 1. The molecule has 2 aromatic carbocycles. The van der Waals surface area contributed by atoms with Crippen LogP contribution in [0.25, 0.3) is 0 Å². The highest BCUT2D eigenvalue weighted by atomic mass is 16.5. The summed E-state index contributed by atoms with van der Waals surface area (Å²) < 4.78 is 21.3. The molecule has 0 radical (unpaired) electrons. The van der Waals surface area contributed by atoms with Crippen molar-refractivity contribution in [3.63, 3.8) is 0 Å². The van der Waals surface area contributed by atoms with Crippen LogP contribution in [0.3, 0.4) is 0 Å².